The van der Waals surface area contributed by atoms with Gasteiger partial charge in [0.15, 0.2) is 0 Å². The fourth-order valence-corrected chi connectivity index (χ4v) is 3.99. The maximum atomic E-state index is 12.1. The lowest BCUT2D eigenvalue weighted by Gasteiger charge is -2.21. The fraction of sp³-hybridized carbons (Fsp3) is 0.200. The Morgan fingerprint density at radius 1 is 1.26 bits per heavy atom. The number of thiophene rings is 1. The van der Waals surface area contributed by atoms with Gasteiger partial charge < -0.3 is 10.0 Å². The number of aromatic hydroxyl groups is 1. The second kappa shape index (κ2) is 8.20. The molecule has 0 bridgehead atoms. The van der Waals surface area contributed by atoms with E-state index in [2.05, 4.69) is 29.2 Å². The Morgan fingerprint density at radius 3 is 2.67 bits per heavy atom. The second-order valence-electron chi connectivity index (χ2n) is 5.92. The molecule has 0 saturated heterocycles. The lowest BCUT2D eigenvalue weighted by Crippen LogP contribution is -2.29. The van der Waals surface area contributed by atoms with Gasteiger partial charge in [-0.25, -0.2) is 5.84 Å². The fourth-order valence-electron chi connectivity index (χ4n) is 2.94. The smallest absolute Gasteiger partial charge is 0.277 e. The third-order valence-electron chi connectivity index (χ3n) is 4.38. The van der Waals surface area contributed by atoms with E-state index in [9.17, 15) is 9.90 Å². The van der Waals surface area contributed by atoms with Crippen LogP contribution in [0.2, 0.25) is 0 Å². The molecule has 0 spiro atoms. The number of hydrogen-bond donors (Lipinski definition) is 3. The van der Waals surface area contributed by atoms with Crippen molar-refractivity contribution in [2.45, 2.75) is 13.8 Å². The highest BCUT2D eigenvalue weighted by Gasteiger charge is 2.17. The number of aliphatic imine (C=N–C) groups is 1. The number of amides is 1. The van der Waals surface area contributed by atoms with Crippen LogP contribution in [0.25, 0.3) is 10.1 Å². The monoisotopic (exact) mass is 382 g/mol. The largest absolute Gasteiger partial charge is 0.507 e. The van der Waals surface area contributed by atoms with Gasteiger partial charge in [-0.15, -0.1) is 11.3 Å². The molecule has 1 amide bonds. The van der Waals surface area contributed by atoms with Crippen molar-refractivity contribution in [2.75, 3.05) is 18.0 Å². The van der Waals surface area contributed by atoms with E-state index in [1.54, 1.807) is 12.3 Å². The number of rotatable bonds is 6. The first-order chi connectivity index (χ1) is 13.1. The van der Waals surface area contributed by atoms with Crippen molar-refractivity contribution in [1.82, 2.24) is 5.43 Å². The Hall–Kier alpha value is -2.90. The molecule has 6 nitrogen and oxygen atoms in total. The number of benzene rings is 2. The molecule has 0 radical (unpaired) electrons. The number of anilines is 1. The minimum absolute atomic E-state index is 0.146. The van der Waals surface area contributed by atoms with Gasteiger partial charge in [0.25, 0.3) is 5.91 Å². The van der Waals surface area contributed by atoms with Crippen LogP contribution in [0.1, 0.15) is 29.1 Å². The van der Waals surface area contributed by atoms with Gasteiger partial charge >= 0.3 is 0 Å². The van der Waals surface area contributed by atoms with Crippen molar-refractivity contribution in [1.29, 1.82) is 0 Å². The van der Waals surface area contributed by atoms with Gasteiger partial charge in [-0.05, 0) is 32.0 Å². The lowest BCUT2D eigenvalue weighted by atomic mass is 10.1. The van der Waals surface area contributed by atoms with Gasteiger partial charge in [-0.1, -0.05) is 18.2 Å². The topological polar surface area (TPSA) is 91.0 Å². The summed E-state index contributed by atoms with van der Waals surface area (Å²) < 4.78 is 0.948. The molecule has 4 N–H and O–H groups in total. The number of nitrogens with zero attached hydrogens (tertiary/aromatic N) is 2. The van der Waals surface area contributed by atoms with Crippen molar-refractivity contribution < 1.29 is 9.90 Å². The zero-order chi connectivity index (χ0) is 19.4. The number of fused-ring (bicyclic) bond motifs is 1. The van der Waals surface area contributed by atoms with E-state index >= 15 is 0 Å². The van der Waals surface area contributed by atoms with Gasteiger partial charge in [0.05, 0.1) is 5.69 Å². The van der Waals surface area contributed by atoms with Crippen LogP contribution in [-0.4, -0.2) is 30.3 Å². The predicted molar refractivity (Wildman–Crippen MR) is 112 cm³/mol. The molecule has 0 aliphatic heterocycles. The summed E-state index contributed by atoms with van der Waals surface area (Å²) in [6.45, 7) is 5.87. The molecule has 0 unspecified atom stereocenters. The van der Waals surface area contributed by atoms with E-state index in [4.69, 9.17) is 5.84 Å². The summed E-state index contributed by atoms with van der Waals surface area (Å²) in [7, 11) is 0. The van der Waals surface area contributed by atoms with Crippen molar-refractivity contribution in [3.63, 3.8) is 0 Å². The van der Waals surface area contributed by atoms with Crippen molar-refractivity contribution in [3.05, 3.63) is 52.9 Å². The number of hydrogen-bond acceptors (Lipinski definition) is 6. The highest BCUT2D eigenvalue weighted by atomic mass is 32.1. The van der Waals surface area contributed by atoms with Gasteiger partial charge in [-0.2, -0.15) is 0 Å². The molecule has 0 aliphatic rings. The molecular weight excluding hydrogens is 360 g/mol. The summed E-state index contributed by atoms with van der Waals surface area (Å²) in [5.74, 6) is 5.07. The Bertz CT molecular complexity index is 993. The average Bonchev–Trinajstić information content (AvgIpc) is 3.06. The minimum atomic E-state index is -0.385. The number of nitrogen functional groups attached to an aromatic ring is 1. The molecular formula is C20H22N4O2S. The zero-order valence-electron chi connectivity index (χ0n) is 15.3. The molecule has 1 aromatic heterocycles. The van der Waals surface area contributed by atoms with Crippen LogP contribution in [0.5, 0.6) is 5.75 Å². The summed E-state index contributed by atoms with van der Waals surface area (Å²) in [4.78, 5) is 19.2. The Labute approximate surface area is 161 Å². The van der Waals surface area contributed by atoms with Gasteiger partial charge in [0, 0.05) is 46.7 Å². The number of nitrogens with one attached hydrogen (secondary N) is 1. The summed E-state index contributed by atoms with van der Waals surface area (Å²) >= 11 is 1.33. The number of hydrazine groups is 1. The van der Waals surface area contributed by atoms with Crippen LogP contribution < -0.4 is 16.2 Å². The normalized spacial score (nSPS) is 11.2. The lowest BCUT2D eigenvalue weighted by molar-refractivity contribution is 0.0958. The van der Waals surface area contributed by atoms with E-state index in [1.807, 2.05) is 36.4 Å². The van der Waals surface area contributed by atoms with Crippen molar-refractivity contribution >= 4 is 44.9 Å². The standard InChI is InChI=1S/C20H22N4O2S/c1-3-24(4-2)14-10-9-13(16(25)11-14)12-22-18-15-7-5-6-8-17(15)27-19(18)20(26)23-21/h5-12,25H,3-4,21H2,1-2H3,(H,23,26). The first-order valence-corrected chi connectivity index (χ1v) is 9.55. The highest BCUT2D eigenvalue weighted by Crippen LogP contribution is 2.38. The molecule has 27 heavy (non-hydrogen) atoms. The molecule has 3 aromatic rings. The second-order valence-corrected chi connectivity index (χ2v) is 6.98. The number of carbonyl (C=O) groups excluding carboxylic acids is 1. The minimum Gasteiger partial charge on any atom is -0.507 e. The maximum absolute atomic E-state index is 12.1. The molecule has 0 aliphatic carbocycles. The average molecular weight is 382 g/mol. The van der Waals surface area contributed by atoms with E-state index in [0.29, 0.717) is 16.1 Å². The van der Waals surface area contributed by atoms with Crippen LogP contribution in [-0.2, 0) is 0 Å². The van der Waals surface area contributed by atoms with Gasteiger partial charge in [0.1, 0.15) is 10.6 Å². The van der Waals surface area contributed by atoms with E-state index in [1.165, 1.54) is 11.3 Å². The summed E-state index contributed by atoms with van der Waals surface area (Å²) in [6.07, 6.45) is 1.57. The van der Waals surface area contributed by atoms with E-state index < -0.39 is 0 Å². The zero-order valence-corrected chi connectivity index (χ0v) is 16.1. The molecule has 2 aromatic carbocycles. The third kappa shape index (κ3) is 3.79. The SMILES string of the molecule is CCN(CC)c1ccc(C=Nc2c(C(=O)NN)sc3ccccc23)c(O)c1. The number of carbonyl (C=O) groups is 1. The number of phenolic OH excluding ortho intramolecular Hbond substituents is 1. The van der Waals surface area contributed by atoms with E-state index in [0.717, 1.165) is 28.9 Å². The molecule has 140 valence electrons. The Kier molecular flexibility index (Phi) is 5.73. The Balaban J connectivity index is 2.00. The van der Waals surface area contributed by atoms with Crippen LogP contribution in [0.4, 0.5) is 11.4 Å². The molecule has 0 atom stereocenters. The van der Waals surface area contributed by atoms with Crippen LogP contribution >= 0.6 is 11.3 Å². The Morgan fingerprint density at radius 2 is 2.00 bits per heavy atom. The van der Waals surface area contributed by atoms with Crippen molar-refractivity contribution in [2.24, 2.45) is 10.8 Å². The van der Waals surface area contributed by atoms with Gasteiger partial charge in [-0.3, -0.25) is 15.2 Å². The van der Waals surface area contributed by atoms with Crippen LogP contribution in [0.15, 0.2) is 47.5 Å². The molecule has 1 heterocycles. The molecule has 0 saturated carbocycles. The van der Waals surface area contributed by atoms with Crippen LogP contribution in [0, 0.1) is 0 Å². The highest BCUT2D eigenvalue weighted by molar-refractivity contribution is 7.21. The maximum Gasteiger partial charge on any atom is 0.277 e. The first kappa shape index (κ1) is 18.9. The third-order valence-corrected chi connectivity index (χ3v) is 5.54. The van der Waals surface area contributed by atoms with Crippen LogP contribution in [0.3, 0.4) is 0 Å². The number of phenols is 1. The van der Waals surface area contributed by atoms with Gasteiger partial charge in [0.2, 0.25) is 0 Å². The molecule has 0 fully saturated rings. The summed E-state index contributed by atoms with van der Waals surface area (Å²) in [5.41, 5.74) is 4.26. The van der Waals surface area contributed by atoms with E-state index in [-0.39, 0.29) is 11.7 Å². The summed E-state index contributed by atoms with van der Waals surface area (Å²) in [6, 6.07) is 13.2. The predicted octanol–water partition coefficient (Wildman–Crippen LogP) is 3.81. The molecule has 3 rings (SSSR count). The van der Waals surface area contributed by atoms with Crippen molar-refractivity contribution in [3.8, 4) is 5.75 Å². The first-order valence-electron chi connectivity index (χ1n) is 8.73. The quantitative estimate of drug-likeness (QED) is 0.262. The molecule has 7 heteroatoms. The summed E-state index contributed by atoms with van der Waals surface area (Å²) in [5, 5.41) is 11.3. The number of nitrogens with two attached hydrogens (primary N) is 1.